The summed E-state index contributed by atoms with van der Waals surface area (Å²) in [6.07, 6.45) is 2.05. The Morgan fingerprint density at radius 2 is 1.96 bits per heavy atom. The number of hydrogen-bond donors (Lipinski definition) is 1. The fraction of sp³-hybridized carbons (Fsp3) is 0.421. The molecule has 1 heterocycles. The molecule has 26 heavy (non-hydrogen) atoms. The van der Waals surface area contributed by atoms with Crippen LogP contribution in [0.2, 0.25) is 0 Å². The highest BCUT2D eigenvalue weighted by atomic mass is 79.9. The quantitative estimate of drug-likeness (QED) is 0.548. The second kappa shape index (κ2) is 9.52. The number of benzene rings is 1. The lowest BCUT2D eigenvalue weighted by Gasteiger charge is -2.22. The zero-order chi connectivity index (χ0) is 19.1. The standard InChI is InChI=1S/C19H27BrN4O2/c1-6-21-19(24(3)13-15-8-7-9-23(15)2)22-12-14-10-17(25-4)18(26-5)11-16(14)20/h7-11H,6,12-13H2,1-5H3,(H,21,22). The second-order valence-corrected chi connectivity index (χ2v) is 6.79. The lowest BCUT2D eigenvalue weighted by Crippen LogP contribution is -2.38. The summed E-state index contributed by atoms with van der Waals surface area (Å²) >= 11 is 3.59. The molecule has 2 rings (SSSR count). The SMILES string of the molecule is CCNC(=NCc1cc(OC)c(OC)cc1Br)N(C)Cc1cccn1C. The molecule has 0 radical (unpaired) electrons. The number of aryl methyl sites for hydroxylation is 1. The van der Waals surface area contributed by atoms with Gasteiger partial charge in [-0.15, -0.1) is 0 Å². The van der Waals surface area contributed by atoms with E-state index in [9.17, 15) is 0 Å². The number of nitrogens with one attached hydrogen (secondary N) is 1. The topological polar surface area (TPSA) is 51.0 Å². The van der Waals surface area contributed by atoms with E-state index in [2.05, 4.69) is 43.7 Å². The van der Waals surface area contributed by atoms with Crippen molar-refractivity contribution in [2.45, 2.75) is 20.0 Å². The highest BCUT2D eigenvalue weighted by molar-refractivity contribution is 9.10. The van der Waals surface area contributed by atoms with E-state index in [1.54, 1.807) is 14.2 Å². The maximum atomic E-state index is 5.39. The van der Waals surface area contributed by atoms with Crippen LogP contribution < -0.4 is 14.8 Å². The third-order valence-electron chi connectivity index (χ3n) is 4.10. The van der Waals surface area contributed by atoms with Gasteiger partial charge in [-0.1, -0.05) is 15.9 Å². The molecule has 2 aromatic rings. The first-order valence-corrected chi connectivity index (χ1v) is 9.29. The normalized spacial score (nSPS) is 11.4. The van der Waals surface area contributed by atoms with Crippen molar-refractivity contribution < 1.29 is 9.47 Å². The number of aliphatic imine (C=N–C) groups is 1. The highest BCUT2D eigenvalue weighted by Gasteiger charge is 2.11. The summed E-state index contributed by atoms with van der Waals surface area (Å²) in [5.74, 6) is 2.25. The van der Waals surface area contributed by atoms with Gasteiger partial charge in [-0.2, -0.15) is 0 Å². The number of nitrogens with zero attached hydrogens (tertiary/aromatic N) is 3. The lowest BCUT2D eigenvalue weighted by atomic mass is 10.2. The third-order valence-corrected chi connectivity index (χ3v) is 4.84. The van der Waals surface area contributed by atoms with Crippen molar-refractivity contribution in [3.05, 3.63) is 46.2 Å². The molecule has 1 aromatic carbocycles. The molecule has 1 aromatic heterocycles. The molecule has 6 nitrogen and oxygen atoms in total. The van der Waals surface area contributed by atoms with Crippen LogP contribution >= 0.6 is 15.9 Å². The van der Waals surface area contributed by atoms with Crippen molar-refractivity contribution in [2.24, 2.45) is 12.0 Å². The van der Waals surface area contributed by atoms with E-state index in [-0.39, 0.29) is 0 Å². The van der Waals surface area contributed by atoms with E-state index >= 15 is 0 Å². The molecule has 1 N–H and O–H groups in total. The van der Waals surface area contributed by atoms with E-state index in [4.69, 9.17) is 14.5 Å². The number of guanidine groups is 1. The number of halogens is 1. The van der Waals surface area contributed by atoms with Gasteiger partial charge in [0, 0.05) is 37.0 Å². The molecule has 0 aliphatic rings. The summed E-state index contributed by atoms with van der Waals surface area (Å²) in [6.45, 7) is 4.19. The second-order valence-electron chi connectivity index (χ2n) is 5.94. The largest absolute Gasteiger partial charge is 0.493 e. The van der Waals surface area contributed by atoms with Crippen molar-refractivity contribution >= 4 is 21.9 Å². The van der Waals surface area contributed by atoms with Gasteiger partial charge in [0.1, 0.15) is 0 Å². The predicted molar refractivity (Wildman–Crippen MR) is 109 cm³/mol. The van der Waals surface area contributed by atoms with Crippen LogP contribution in [0.15, 0.2) is 39.9 Å². The predicted octanol–water partition coefficient (Wildman–Crippen LogP) is 3.40. The highest BCUT2D eigenvalue weighted by Crippen LogP contribution is 2.33. The first kappa shape index (κ1) is 20.2. The van der Waals surface area contributed by atoms with Crippen LogP contribution in [0.3, 0.4) is 0 Å². The number of hydrogen-bond acceptors (Lipinski definition) is 3. The molecule has 0 fully saturated rings. The molecular weight excluding hydrogens is 396 g/mol. The molecule has 7 heteroatoms. The Balaban J connectivity index is 2.19. The van der Waals surface area contributed by atoms with Crippen LogP contribution in [-0.4, -0.2) is 43.2 Å². The number of methoxy groups -OCH3 is 2. The van der Waals surface area contributed by atoms with Gasteiger partial charge in [0.15, 0.2) is 17.5 Å². The van der Waals surface area contributed by atoms with Gasteiger partial charge in [0.05, 0.1) is 27.3 Å². The molecule has 0 saturated heterocycles. The van der Waals surface area contributed by atoms with Crippen LogP contribution in [0, 0.1) is 0 Å². The average Bonchev–Trinajstić information content (AvgIpc) is 3.03. The fourth-order valence-corrected chi connectivity index (χ4v) is 3.07. The summed E-state index contributed by atoms with van der Waals surface area (Å²) in [5, 5.41) is 3.35. The van der Waals surface area contributed by atoms with Gasteiger partial charge >= 0.3 is 0 Å². The minimum Gasteiger partial charge on any atom is -0.493 e. The fourth-order valence-electron chi connectivity index (χ4n) is 2.63. The van der Waals surface area contributed by atoms with Crippen LogP contribution in [-0.2, 0) is 20.1 Å². The van der Waals surface area contributed by atoms with E-state index in [1.807, 2.05) is 38.5 Å². The Morgan fingerprint density at radius 1 is 1.27 bits per heavy atom. The molecular formula is C19H27BrN4O2. The summed E-state index contributed by atoms with van der Waals surface area (Å²) in [4.78, 5) is 6.90. The van der Waals surface area contributed by atoms with Crippen molar-refractivity contribution in [3.63, 3.8) is 0 Å². The zero-order valence-electron chi connectivity index (χ0n) is 16.0. The average molecular weight is 423 g/mol. The summed E-state index contributed by atoms with van der Waals surface area (Å²) in [5.41, 5.74) is 2.26. The first-order valence-electron chi connectivity index (χ1n) is 8.50. The Kier molecular flexibility index (Phi) is 7.38. The molecule has 0 aliphatic carbocycles. The zero-order valence-corrected chi connectivity index (χ0v) is 17.6. The van der Waals surface area contributed by atoms with E-state index in [1.165, 1.54) is 5.69 Å². The van der Waals surface area contributed by atoms with Gasteiger partial charge in [0.25, 0.3) is 0 Å². The summed E-state index contributed by atoms with van der Waals surface area (Å²) in [6, 6.07) is 8.02. The van der Waals surface area contributed by atoms with E-state index in [0.717, 1.165) is 29.1 Å². The van der Waals surface area contributed by atoms with Gasteiger partial charge in [-0.3, -0.25) is 0 Å². The Labute approximate surface area is 163 Å². The minimum atomic E-state index is 0.529. The molecule has 142 valence electrons. The Bertz CT molecular complexity index is 758. The van der Waals surface area contributed by atoms with Crippen LogP contribution in [0.1, 0.15) is 18.2 Å². The van der Waals surface area contributed by atoms with Crippen LogP contribution in [0.5, 0.6) is 11.5 Å². The van der Waals surface area contributed by atoms with Crippen molar-refractivity contribution in [2.75, 3.05) is 27.8 Å². The van der Waals surface area contributed by atoms with E-state index in [0.29, 0.717) is 18.0 Å². The first-order chi connectivity index (χ1) is 12.5. The number of ether oxygens (including phenoxy) is 2. The van der Waals surface area contributed by atoms with Gasteiger partial charge in [0.2, 0.25) is 0 Å². The molecule has 0 bridgehead atoms. The maximum Gasteiger partial charge on any atom is 0.194 e. The van der Waals surface area contributed by atoms with Crippen molar-refractivity contribution in [1.82, 2.24) is 14.8 Å². The number of rotatable bonds is 7. The summed E-state index contributed by atoms with van der Waals surface area (Å²) in [7, 11) is 7.35. The third kappa shape index (κ3) is 4.94. The lowest BCUT2D eigenvalue weighted by molar-refractivity contribution is 0.354. The molecule has 0 spiro atoms. The Hall–Kier alpha value is -2.15. The van der Waals surface area contributed by atoms with E-state index < -0.39 is 0 Å². The smallest absolute Gasteiger partial charge is 0.194 e. The molecule has 0 atom stereocenters. The van der Waals surface area contributed by atoms with Crippen LogP contribution in [0.25, 0.3) is 0 Å². The molecule has 0 unspecified atom stereocenters. The Morgan fingerprint density at radius 3 is 2.54 bits per heavy atom. The monoisotopic (exact) mass is 422 g/mol. The van der Waals surface area contributed by atoms with Gasteiger partial charge in [-0.25, -0.2) is 4.99 Å². The van der Waals surface area contributed by atoms with Crippen molar-refractivity contribution in [3.8, 4) is 11.5 Å². The summed E-state index contributed by atoms with van der Waals surface area (Å²) < 4.78 is 13.8. The van der Waals surface area contributed by atoms with Crippen molar-refractivity contribution in [1.29, 1.82) is 0 Å². The van der Waals surface area contributed by atoms with Gasteiger partial charge in [-0.05, 0) is 36.8 Å². The number of aromatic nitrogens is 1. The molecule has 0 saturated carbocycles. The maximum absolute atomic E-state index is 5.39. The van der Waals surface area contributed by atoms with Crippen LogP contribution in [0.4, 0.5) is 0 Å². The molecule has 0 aliphatic heterocycles. The van der Waals surface area contributed by atoms with Gasteiger partial charge < -0.3 is 24.3 Å². The minimum absolute atomic E-state index is 0.529. The molecule has 0 amide bonds.